The van der Waals surface area contributed by atoms with E-state index in [1.165, 1.54) is 6.07 Å². The molecule has 20 heavy (non-hydrogen) atoms. The minimum Gasteiger partial charge on any atom is -0.271 e. The van der Waals surface area contributed by atoms with Crippen LogP contribution in [0.5, 0.6) is 0 Å². The predicted octanol–water partition coefficient (Wildman–Crippen LogP) is 4.53. The largest absolute Gasteiger partial charge is 0.271 e. The molecule has 2 nitrogen and oxygen atoms in total. The normalized spacial score (nSPS) is 12.4. The number of nitrogens with one attached hydrogen (secondary N) is 1. The van der Waals surface area contributed by atoms with Gasteiger partial charge in [0.2, 0.25) is 0 Å². The highest BCUT2D eigenvalue weighted by atomic mass is 35.5. The van der Waals surface area contributed by atoms with E-state index < -0.39 is 5.82 Å². The van der Waals surface area contributed by atoms with E-state index >= 15 is 0 Å². The third kappa shape index (κ3) is 3.25. The second-order valence-corrected chi connectivity index (χ2v) is 5.44. The monoisotopic (exact) mass is 332 g/mol. The Labute approximate surface area is 131 Å². The van der Waals surface area contributed by atoms with Gasteiger partial charge in [0.05, 0.1) is 21.1 Å². The zero-order valence-corrected chi connectivity index (χ0v) is 12.6. The number of hydrogen-bond acceptors (Lipinski definition) is 2. The van der Waals surface area contributed by atoms with Crippen molar-refractivity contribution in [2.75, 3.05) is 0 Å². The fraction of sp³-hybridized carbons (Fsp3) is 0.143. The van der Waals surface area contributed by atoms with Crippen molar-refractivity contribution in [2.45, 2.75) is 12.5 Å². The molecule has 6 heteroatoms. The van der Waals surface area contributed by atoms with Crippen LogP contribution in [0, 0.1) is 5.82 Å². The zero-order chi connectivity index (χ0) is 14.7. The summed E-state index contributed by atoms with van der Waals surface area (Å²) in [5, 5.41) is 0.973. The van der Waals surface area contributed by atoms with E-state index in [-0.39, 0.29) is 11.1 Å². The Morgan fingerprint density at radius 3 is 2.45 bits per heavy atom. The van der Waals surface area contributed by atoms with Gasteiger partial charge in [-0.15, -0.1) is 0 Å². The van der Waals surface area contributed by atoms with Crippen LogP contribution in [0.1, 0.15) is 17.2 Å². The van der Waals surface area contributed by atoms with E-state index in [1.807, 2.05) is 6.07 Å². The van der Waals surface area contributed by atoms with Crippen LogP contribution >= 0.6 is 34.8 Å². The van der Waals surface area contributed by atoms with Gasteiger partial charge in [-0.1, -0.05) is 59.1 Å². The summed E-state index contributed by atoms with van der Waals surface area (Å²) in [6, 6.07) is 9.57. The average Bonchev–Trinajstić information content (AvgIpc) is 2.44. The van der Waals surface area contributed by atoms with Crippen molar-refractivity contribution in [3.63, 3.8) is 0 Å². The Bertz CT molecular complexity index is 619. The van der Waals surface area contributed by atoms with E-state index in [2.05, 4.69) is 5.43 Å². The van der Waals surface area contributed by atoms with Crippen LogP contribution in [-0.2, 0) is 6.42 Å². The maximum atomic E-state index is 13.5. The molecule has 106 valence electrons. The molecule has 0 saturated carbocycles. The molecule has 0 heterocycles. The van der Waals surface area contributed by atoms with E-state index in [9.17, 15) is 4.39 Å². The molecular formula is C14H12Cl3FN2. The summed E-state index contributed by atoms with van der Waals surface area (Å²) in [6.45, 7) is 0. The van der Waals surface area contributed by atoms with Gasteiger partial charge in [-0.3, -0.25) is 11.3 Å². The minimum absolute atomic E-state index is 0.0496. The second-order valence-electron chi connectivity index (χ2n) is 4.28. The number of hydrogen-bond donors (Lipinski definition) is 2. The van der Waals surface area contributed by atoms with Crippen molar-refractivity contribution < 1.29 is 4.39 Å². The van der Waals surface area contributed by atoms with Gasteiger partial charge in [0.25, 0.3) is 0 Å². The van der Waals surface area contributed by atoms with Gasteiger partial charge in [0, 0.05) is 0 Å². The van der Waals surface area contributed by atoms with Crippen LogP contribution in [0.4, 0.5) is 4.39 Å². The number of nitrogens with two attached hydrogens (primary N) is 1. The summed E-state index contributed by atoms with van der Waals surface area (Å²) in [6.07, 6.45) is 0.444. The second kappa shape index (κ2) is 6.74. The molecule has 2 rings (SSSR count). The first kappa shape index (κ1) is 15.5. The van der Waals surface area contributed by atoms with Crippen molar-refractivity contribution in [3.05, 3.63) is 68.4 Å². The summed E-state index contributed by atoms with van der Waals surface area (Å²) in [5.41, 5.74) is 4.01. The summed E-state index contributed by atoms with van der Waals surface area (Å²) in [5.74, 6) is 5.07. The molecule has 0 saturated heterocycles. The lowest BCUT2D eigenvalue weighted by atomic mass is 9.99. The van der Waals surface area contributed by atoms with Crippen LogP contribution in [0.25, 0.3) is 0 Å². The molecule has 2 aromatic carbocycles. The average molecular weight is 334 g/mol. The van der Waals surface area contributed by atoms with Gasteiger partial charge in [-0.05, 0) is 29.7 Å². The first-order valence-corrected chi connectivity index (χ1v) is 7.01. The predicted molar refractivity (Wildman–Crippen MR) is 81.6 cm³/mol. The molecule has 0 aliphatic carbocycles. The van der Waals surface area contributed by atoms with E-state index in [0.717, 1.165) is 5.56 Å². The fourth-order valence-electron chi connectivity index (χ4n) is 1.97. The maximum Gasteiger partial charge on any atom is 0.142 e. The third-order valence-corrected chi connectivity index (χ3v) is 4.27. The molecule has 0 amide bonds. The quantitative estimate of drug-likeness (QED) is 0.637. The van der Waals surface area contributed by atoms with E-state index in [0.29, 0.717) is 22.0 Å². The molecule has 0 aromatic heterocycles. The van der Waals surface area contributed by atoms with E-state index in [1.54, 1.807) is 24.3 Å². The van der Waals surface area contributed by atoms with Crippen molar-refractivity contribution >= 4 is 34.8 Å². The highest BCUT2D eigenvalue weighted by Crippen LogP contribution is 2.31. The molecule has 0 fully saturated rings. The highest BCUT2D eigenvalue weighted by molar-refractivity contribution is 6.42. The molecule has 0 spiro atoms. The molecule has 0 aliphatic heterocycles. The van der Waals surface area contributed by atoms with Crippen molar-refractivity contribution in [1.82, 2.24) is 5.43 Å². The summed E-state index contributed by atoms with van der Waals surface area (Å²) in [7, 11) is 0. The number of halogens is 4. The molecule has 0 aliphatic rings. The maximum absolute atomic E-state index is 13.5. The van der Waals surface area contributed by atoms with Crippen LogP contribution < -0.4 is 11.3 Å². The number of rotatable bonds is 4. The van der Waals surface area contributed by atoms with Gasteiger partial charge >= 0.3 is 0 Å². The van der Waals surface area contributed by atoms with Gasteiger partial charge in [0.15, 0.2) is 0 Å². The Morgan fingerprint density at radius 1 is 1.05 bits per heavy atom. The standard InChI is InChI=1S/C14H12Cl3FN2/c15-10-5-1-3-8(13(10)16)7-12(20-19)9-4-2-6-11(18)14(9)17/h1-6,12,20H,7,19H2. The number of hydrazine groups is 1. The third-order valence-electron chi connectivity index (χ3n) is 3.01. The van der Waals surface area contributed by atoms with Crippen LogP contribution in [0.3, 0.4) is 0 Å². The van der Waals surface area contributed by atoms with Crippen molar-refractivity contribution in [3.8, 4) is 0 Å². The lowest BCUT2D eigenvalue weighted by molar-refractivity contribution is 0.545. The lowest BCUT2D eigenvalue weighted by Gasteiger charge is -2.19. The van der Waals surface area contributed by atoms with Gasteiger partial charge in [-0.25, -0.2) is 4.39 Å². The Balaban J connectivity index is 2.34. The Kier molecular flexibility index (Phi) is 5.24. The van der Waals surface area contributed by atoms with Crippen molar-refractivity contribution in [2.24, 2.45) is 5.84 Å². The van der Waals surface area contributed by atoms with Gasteiger partial charge in [-0.2, -0.15) is 0 Å². The molecule has 1 atom stereocenters. The van der Waals surface area contributed by atoms with Gasteiger partial charge in [0.1, 0.15) is 5.82 Å². The molecule has 3 N–H and O–H groups in total. The SMILES string of the molecule is NNC(Cc1cccc(Cl)c1Cl)c1cccc(F)c1Cl. The van der Waals surface area contributed by atoms with Crippen molar-refractivity contribution in [1.29, 1.82) is 0 Å². The molecule has 0 bridgehead atoms. The first-order chi connectivity index (χ1) is 9.54. The summed E-state index contributed by atoms with van der Waals surface area (Å²) >= 11 is 18.1. The van der Waals surface area contributed by atoms with Gasteiger partial charge < -0.3 is 0 Å². The lowest BCUT2D eigenvalue weighted by Crippen LogP contribution is -2.30. The molecular weight excluding hydrogens is 322 g/mol. The molecule has 0 radical (unpaired) electrons. The smallest absolute Gasteiger partial charge is 0.142 e. The van der Waals surface area contributed by atoms with Crippen LogP contribution in [0.15, 0.2) is 36.4 Å². The Morgan fingerprint density at radius 2 is 1.75 bits per heavy atom. The highest BCUT2D eigenvalue weighted by Gasteiger charge is 2.18. The minimum atomic E-state index is -0.485. The summed E-state index contributed by atoms with van der Waals surface area (Å²) < 4.78 is 13.5. The summed E-state index contributed by atoms with van der Waals surface area (Å²) in [4.78, 5) is 0. The fourth-order valence-corrected chi connectivity index (χ4v) is 2.63. The Hall–Kier alpha value is -0.840. The first-order valence-electron chi connectivity index (χ1n) is 5.87. The zero-order valence-electron chi connectivity index (χ0n) is 10.3. The van der Waals surface area contributed by atoms with Crippen LogP contribution in [-0.4, -0.2) is 0 Å². The van der Waals surface area contributed by atoms with Crippen LogP contribution in [0.2, 0.25) is 15.1 Å². The number of benzene rings is 2. The topological polar surface area (TPSA) is 38.0 Å². The molecule has 1 unspecified atom stereocenters. The molecule has 2 aromatic rings. The van der Waals surface area contributed by atoms with E-state index in [4.69, 9.17) is 40.6 Å².